The molecule has 1 saturated carbocycles. The normalized spacial score (nSPS) is 21.9. The highest BCUT2D eigenvalue weighted by molar-refractivity contribution is 9.10. The van der Waals surface area contributed by atoms with Gasteiger partial charge in [0.2, 0.25) is 0 Å². The standard InChI is InChI=1S/C15H19BrN2O2/c16-12-4-3-7-17-13(12)14(19)18-8-9-20-11-15(10-18)5-1-2-6-15/h3-4,7H,1-2,5-6,8-11H2. The first-order chi connectivity index (χ1) is 9.70. The summed E-state index contributed by atoms with van der Waals surface area (Å²) in [5.74, 6) is 0.00856. The molecule has 1 aromatic rings. The van der Waals surface area contributed by atoms with E-state index in [4.69, 9.17) is 4.74 Å². The average Bonchev–Trinajstić information content (AvgIpc) is 2.79. The number of nitrogens with zero attached hydrogens (tertiary/aromatic N) is 2. The molecule has 0 radical (unpaired) electrons. The van der Waals surface area contributed by atoms with Crippen LogP contribution in [-0.4, -0.2) is 42.1 Å². The molecule has 2 fully saturated rings. The van der Waals surface area contributed by atoms with Gasteiger partial charge in [0.05, 0.1) is 13.2 Å². The Morgan fingerprint density at radius 3 is 2.95 bits per heavy atom. The van der Waals surface area contributed by atoms with Crippen LogP contribution in [0.4, 0.5) is 0 Å². The molecule has 0 atom stereocenters. The third-order valence-electron chi connectivity index (χ3n) is 4.35. The molecule has 0 N–H and O–H groups in total. The summed E-state index contributed by atoms with van der Waals surface area (Å²) in [7, 11) is 0. The lowest BCUT2D eigenvalue weighted by molar-refractivity contribution is 0.0640. The Kier molecular flexibility index (Phi) is 4.08. The highest BCUT2D eigenvalue weighted by atomic mass is 79.9. The van der Waals surface area contributed by atoms with E-state index in [0.717, 1.165) is 17.6 Å². The third-order valence-corrected chi connectivity index (χ3v) is 4.99. The van der Waals surface area contributed by atoms with Crippen molar-refractivity contribution < 1.29 is 9.53 Å². The Morgan fingerprint density at radius 1 is 1.40 bits per heavy atom. The molecule has 108 valence electrons. The molecule has 1 aliphatic carbocycles. The molecule has 5 heteroatoms. The van der Waals surface area contributed by atoms with Crippen molar-refractivity contribution in [2.45, 2.75) is 25.7 Å². The summed E-state index contributed by atoms with van der Waals surface area (Å²) in [5, 5.41) is 0. The van der Waals surface area contributed by atoms with Crippen LogP contribution in [0.2, 0.25) is 0 Å². The number of hydrogen-bond acceptors (Lipinski definition) is 3. The minimum absolute atomic E-state index is 0.00856. The molecule has 1 aliphatic heterocycles. The van der Waals surface area contributed by atoms with E-state index >= 15 is 0 Å². The highest BCUT2D eigenvalue weighted by Gasteiger charge is 2.39. The Labute approximate surface area is 127 Å². The van der Waals surface area contributed by atoms with Gasteiger partial charge in [-0.15, -0.1) is 0 Å². The summed E-state index contributed by atoms with van der Waals surface area (Å²) in [6, 6.07) is 3.69. The van der Waals surface area contributed by atoms with Crippen LogP contribution in [0, 0.1) is 5.41 Å². The summed E-state index contributed by atoms with van der Waals surface area (Å²) in [5.41, 5.74) is 0.676. The largest absolute Gasteiger partial charge is 0.379 e. The first-order valence-corrected chi connectivity index (χ1v) is 7.97. The molecule has 1 spiro atoms. The summed E-state index contributed by atoms with van der Waals surface area (Å²) >= 11 is 3.42. The van der Waals surface area contributed by atoms with Crippen molar-refractivity contribution in [3.8, 4) is 0 Å². The monoisotopic (exact) mass is 338 g/mol. The molecule has 1 amide bonds. The zero-order valence-corrected chi connectivity index (χ0v) is 13.1. The van der Waals surface area contributed by atoms with Gasteiger partial charge in [0.1, 0.15) is 5.69 Å². The molecule has 2 aliphatic rings. The number of carbonyl (C=O) groups is 1. The van der Waals surface area contributed by atoms with Gasteiger partial charge in [-0.1, -0.05) is 12.8 Å². The molecular weight excluding hydrogens is 320 g/mol. The van der Waals surface area contributed by atoms with Crippen LogP contribution < -0.4 is 0 Å². The second kappa shape index (κ2) is 5.82. The van der Waals surface area contributed by atoms with Crippen LogP contribution in [0.1, 0.15) is 36.2 Å². The van der Waals surface area contributed by atoms with Crippen molar-refractivity contribution in [2.24, 2.45) is 5.41 Å². The SMILES string of the molecule is O=C(c1ncccc1Br)N1CCOCC2(CCCC2)C1. The highest BCUT2D eigenvalue weighted by Crippen LogP contribution is 2.40. The van der Waals surface area contributed by atoms with E-state index in [0.29, 0.717) is 18.8 Å². The lowest BCUT2D eigenvalue weighted by atomic mass is 9.86. The van der Waals surface area contributed by atoms with E-state index in [1.807, 2.05) is 17.0 Å². The van der Waals surface area contributed by atoms with Crippen LogP contribution in [0.3, 0.4) is 0 Å². The van der Waals surface area contributed by atoms with Gasteiger partial charge in [-0.25, -0.2) is 4.98 Å². The molecule has 4 nitrogen and oxygen atoms in total. The van der Waals surface area contributed by atoms with Crippen LogP contribution in [0.25, 0.3) is 0 Å². The van der Waals surface area contributed by atoms with Gasteiger partial charge in [-0.2, -0.15) is 0 Å². The Morgan fingerprint density at radius 2 is 2.20 bits per heavy atom. The molecule has 3 rings (SSSR count). The van der Waals surface area contributed by atoms with Crippen LogP contribution in [0.15, 0.2) is 22.8 Å². The maximum absolute atomic E-state index is 12.7. The van der Waals surface area contributed by atoms with Crippen LogP contribution in [0.5, 0.6) is 0 Å². The van der Waals surface area contributed by atoms with Gasteiger partial charge in [0.25, 0.3) is 5.91 Å². The van der Waals surface area contributed by atoms with E-state index in [-0.39, 0.29) is 11.3 Å². The number of hydrogen-bond donors (Lipinski definition) is 0. The van der Waals surface area contributed by atoms with E-state index in [9.17, 15) is 4.79 Å². The van der Waals surface area contributed by atoms with Crippen molar-refractivity contribution >= 4 is 21.8 Å². The average molecular weight is 339 g/mol. The fraction of sp³-hybridized carbons (Fsp3) is 0.600. The number of amides is 1. The van der Waals surface area contributed by atoms with E-state index < -0.39 is 0 Å². The van der Waals surface area contributed by atoms with Crippen molar-refractivity contribution in [3.63, 3.8) is 0 Å². The molecule has 2 heterocycles. The number of pyridine rings is 1. The van der Waals surface area contributed by atoms with E-state index in [2.05, 4.69) is 20.9 Å². The molecule has 0 aromatic carbocycles. The van der Waals surface area contributed by atoms with Gasteiger partial charge >= 0.3 is 0 Å². The Hall–Kier alpha value is -0.940. The van der Waals surface area contributed by atoms with Gasteiger partial charge in [-0.3, -0.25) is 4.79 Å². The molecule has 1 aromatic heterocycles. The maximum atomic E-state index is 12.7. The predicted molar refractivity (Wildman–Crippen MR) is 79.6 cm³/mol. The number of carbonyl (C=O) groups excluding carboxylic acids is 1. The molecule has 1 saturated heterocycles. The molecule has 20 heavy (non-hydrogen) atoms. The fourth-order valence-electron chi connectivity index (χ4n) is 3.29. The number of ether oxygens (including phenoxy) is 1. The topological polar surface area (TPSA) is 42.4 Å². The first-order valence-electron chi connectivity index (χ1n) is 7.18. The van der Waals surface area contributed by atoms with Gasteiger partial charge in [0.15, 0.2) is 0 Å². The quantitative estimate of drug-likeness (QED) is 0.790. The van der Waals surface area contributed by atoms with E-state index in [1.165, 1.54) is 25.7 Å². The number of rotatable bonds is 1. The minimum Gasteiger partial charge on any atom is -0.379 e. The summed E-state index contributed by atoms with van der Waals surface area (Å²) < 4.78 is 6.51. The van der Waals surface area contributed by atoms with Crippen molar-refractivity contribution in [1.29, 1.82) is 0 Å². The van der Waals surface area contributed by atoms with Crippen molar-refractivity contribution in [2.75, 3.05) is 26.3 Å². The second-order valence-electron chi connectivity index (χ2n) is 5.82. The van der Waals surface area contributed by atoms with Gasteiger partial charge < -0.3 is 9.64 Å². The maximum Gasteiger partial charge on any atom is 0.273 e. The van der Waals surface area contributed by atoms with Crippen LogP contribution >= 0.6 is 15.9 Å². The first kappa shape index (κ1) is 14.0. The molecule has 0 unspecified atom stereocenters. The Bertz CT molecular complexity index is 500. The van der Waals surface area contributed by atoms with Crippen molar-refractivity contribution in [1.82, 2.24) is 9.88 Å². The predicted octanol–water partition coefficient (Wildman–Crippen LogP) is 2.88. The minimum atomic E-state index is 0.00856. The molecular formula is C15H19BrN2O2. The second-order valence-corrected chi connectivity index (χ2v) is 6.67. The number of halogens is 1. The third kappa shape index (κ3) is 2.74. The van der Waals surface area contributed by atoms with Crippen molar-refractivity contribution in [3.05, 3.63) is 28.5 Å². The van der Waals surface area contributed by atoms with E-state index in [1.54, 1.807) is 6.20 Å². The Balaban J connectivity index is 1.81. The number of aromatic nitrogens is 1. The van der Waals surface area contributed by atoms with Gasteiger partial charge in [-0.05, 0) is 40.9 Å². The zero-order valence-electron chi connectivity index (χ0n) is 11.5. The zero-order chi connectivity index (χ0) is 14.0. The summed E-state index contributed by atoms with van der Waals surface area (Å²) in [6.45, 7) is 2.87. The molecule has 0 bridgehead atoms. The lowest BCUT2D eigenvalue weighted by Gasteiger charge is -2.31. The summed E-state index contributed by atoms with van der Waals surface area (Å²) in [4.78, 5) is 18.8. The van der Waals surface area contributed by atoms with Crippen LogP contribution in [-0.2, 0) is 4.74 Å². The summed E-state index contributed by atoms with van der Waals surface area (Å²) in [6.07, 6.45) is 6.50. The fourth-order valence-corrected chi connectivity index (χ4v) is 3.71. The smallest absolute Gasteiger partial charge is 0.273 e. The lowest BCUT2D eigenvalue weighted by Crippen LogP contribution is -2.41. The van der Waals surface area contributed by atoms with Gasteiger partial charge in [0, 0.05) is 29.2 Å².